The second-order valence-corrected chi connectivity index (χ2v) is 9.69. The summed E-state index contributed by atoms with van der Waals surface area (Å²) in [6.45, 7) is 5.83. The highest BCUT2D eigenvalue weighted by molar-refractivity contribution is 6.49. The van der Waals surface area contributed by atoms with E-state index in [0.29, 0.717) is 19.6 Å². The maximum absolute atomic E-state index is 13.6. The molecule has 2 N–H and O–H groups in total. The van der Waals surface area contributed by atoms with Gasteiger partial charge in [0, 0.05) is 32.0 Å². The van der Waals surface area contributed by atoms with Gasteiger partial charge < -0.3 is 24.8 Å². The Morgan fingerprint density at radius 1 is 1.14 bits per heavy atom. The van der Waals surface area contributed by atoms with Gasteiger partial charge >= 0.3 is 7.12 Å². The average molecular weight is 509 g/mol. The molecule has 2 aromatic rings. The van der Waals surface area contributed by atoms with Gasteiger partial charge in [-0.15, -0.1) is 0 Å². The van der Waals surface area contributed by atoms with Crippen LogP contribution in [0.5, 0.6) is 0 Å². The molecule has 1 aliphatic rings. The molecular weight excluding hydrogens is 473 g/mol. The third kappa shape index (κ3) is 9.58. The van der Waals surface area contributed by atoms with E-state index >= 15 is 0 Å². The van der Waals surface area contributed by atoms with E-state index in [1.165, 1.54) is 18.6 Å². The Morgan fingerprint density at radius 2 is 1.92 bits per heavy atom. The first-order valence-corrected chi connectivity index (χ1v) is 12.7. The predicted octanol–water partition coefficient (Wildman–Crippen LogP) is 1.66. The summed E-state index contributed by atoms with van der Waals surface area (Å²) in [4.78, 5) is 49.0. The van der Waals surface area contributed by atoms with Crippen LogP contribution in [0.15, 0.2) is 48.9 Å². The van der Waals surface area contributed by atoms with Crippen molar-refractivity contribution >= 4 is 24.9 Å². The third-order valence-corrected chi connectivity index (χ3v) is 5.99. The van der Waals surface area contributed by atoms with Gasteiger partial charge in [-0.25, -0.2) is 4.98 Å². The Bertz CT molecular complexity index is 1010. The zero-order chi connectivity index (χ0) is 26.6. The molecule has 37 heavy (non-hydrogen) atoms. The molecule has 1 saturated heterocycles. The molecule has 0 spiro atoms. The lowest BCUT2D eigenvalue weighted by atomic mass is 9.73. The first-order chi connectivity index (χ1) is 17.8. The molecule has 198 valence electrons. The van der Waals surface area contributed by atoms with Gasteiger partial charge in [0.2, 0.25) is 5.91 Å². The van der Waals surface area contributed by atoms with Crippen LogP contribution >= 0.6 is 0 Å². The van der Waals surface area contributed by atoms with Crippen LogP contribution in [-0.2, 0) is 25.3 Å². The van der Waals surface area contributed by atoms with Crippen molar-refractivity contribution in [1.82, 2.24) is 25.5 Å². The summed E-state index contributed by atoms with van der Waals surface area (Å²) in [5.74, 6) is -1.67. The summed E-state index contributed by atoms with van der Waals surface area (Å²) in [5, 5.41) is 5.80. The quantitative estimate of drug-likeness (QED) is 0.490. The SMILES string of the molecule is CC(C)C[C@H](NC(=O)C(Cc1ccccc1)NC(=O)c1cnccn1)B1OCCCN(C)CCC(=O)O1. The van der Waals surface area contributed by atoms with Gasteiger partial charge in [-0.2, -0.15) is 0 Å². The Hall–Kier alpha value is -3.31. The van der Waals surface area contributed by atoms with E-state index in [2.05, 4.69) is 25.5 Å². The lowest BCUT2D eigenvalue weighted by Crippen LogP contribution is -2.57. The summed E-state index contributed by atoms with van der Waals surface area (Å²) < 4.78 is 11.6. The highest BCUT2D eigenvalue weighted by Crippen LogP contribution is 2.14. The zero-order valence-electron chi connectivity index (χ0n) is 21.8. The Labute approximate surface area is 218 Å². The van der Waals surface area contributed by atoms with Crippen LogP contribution in [0.3, 0.4) is 0 Å². The second-order valence-electron chi connectivity index (χ2n) is 9.69. The van der Waals surface area contributed by atoms with Crippen molar-refractivity contribution in [2.75, 3.05) is 26.7 Å². The van der Waals surface area contributed by atoms with E-state index in [1.54, 1.807) is 0 Å². The summed E-state index contributed by atoms with van der Waals surface area (Å²) in [5.41, 5.74) is 0.995. The van der Waals surface area contributed by atoms with Crippen molar-refractivity contribution in [3.8, 4) is 0 Å². The minimum atomic E-state index is -0.921. The van der Waals surface area contributed by atoms with Crippen LogP contribution in [-0.4, -0.2) is 78.5 Å². The minimum Gasteiger partial charge on any atom is -0.508 e. The highest BCUT2D eigenvalue weighted by atomic mass is 16.6. The molecule has 2 atom stereocenters. The number of amides is 2. The number of benzene rings is 1. The zero-order valence-corrected chi connectivity index (χ0v) is 21.8. The van der Waals surface area contributed by atoms with Crippen LogP contribution < -0.4 is 10.6 Å². The van der Waals surface area contributed by atoms with Gasteiger partial charge in [0.15, 0.2) is 0 Å². The topological polar surface area (TPSA) is 123 Å². The number of nitrogens with zero attached hydrogens (tertiary/aromatic N) is 3. The van der Waals surface area contributed by atoms with Gasteiger partial charge in [0.1, 0.15) is 11.7 Å². The molecule has 10 nitrogen and oxygen atoms in total. The predicted molar refractivity (Wildman–Crippen MR) is 139 cm³/mol. The summed E-state index contributed by atoms with van der Waals surface area (Å²) in [7, 11) is 1.03. The lowest BCUT2D eigenvalue weighted by molar-refractivity contribution is -0.137. The fraction of sp³-hybridized carbons (Fsp3) is 0.500. The van der Waals surface area contributed by atoms with Crippen LogP contribution in [0.2, 0.25) is 0 Å². The second kappa shape index (κ2) is 14.4. The molecule has 11 heteroatoms. The van der Waals surface area contributed by atoms with Crippen LogP contribution in [0.1, 0.15) is 49.2 Å². The molecular formula is C26H36BN5O5. The Morgan fingerprint density at radius 3 is 2.62 bits per heavy atom. The maximum atomic E-state index is 13.6. The number of aromatic nitrogens is 2. The van der Waals surface area contributed by atoms with Crippen LogP contribution in [0.4, 0.5) is 0 Å². The highest BCUT2D eigenvalue weighted by Gasteiger charge is 2.37. The number of carbonyl (C=O) groups excluding carboxylic acids is 3. The van der Waals surface area contributed by atoms with Crippen molar-refractivity contribution < 1.29 is 23.7 Å². The summed E-state index contributed by atoms with van der Waals surface area (Å²) in [6, 6.07) is 8.53. The molecule has 1 aromatic carbocycles. The Balaban J connectivity index is 1.78. The largest absolute Gasteiger partial charge is 0.551 e. The fourth-order valence-corrected chi connectivity index (χ4v) is 4.09. The number of rotatable bonds is 9. The first kappa shape index (κ1) is 28.3. The lowest BCUT2D eigenvalue weighted by Gasteiger charge is -2.29. The van der Waals surface area contributed by atoms with Gasteiger partial charge in [-0.05, 0) is 37.9 Å². The van der Waals surface area contributed by atoms with E-state index in [1.807, 2.05) is 51.2 Å². The summed E-state index contributed by atoms with van der Waals surface area (Å²) in [6.07, 6.45) is 6.05. The van der Waals surface area contributed by atoms with E-state index in [4.69, 9.17) is 9.31 Å². The number of nitrogens with one attached hydrogen (secondary N) is 2. The summed E-state index contributed by atoms with van der Waals surface area (Å²) >= 11 is 0. The molecule has 1 aromatic heterocycles. The maximum Gasteiger partial charge on any atom is 0.551 e. The van der Waals surface area contributed by atoms with Crippen molar-refractivity contribution in [1.29, 1.82) is 0 Å². The van der Waals surface area contributed by atoms with Gasteiger partial charge in [0.25, 0.3) is 11.9 Å². The molecule has 2 amide bonds. The van der Waals surface area contributed by atoms with Crippen LogP contribution in [0, 0.1) is 5.92 Å². The standard InChI is InChI=1S/C26H36BN5O5/c1-19(2)16-23(27-36-15-7-13-32(3)14-10-24(33)37-27)31-25(34)21(17-20-8-5-4-6-9-20)30-26(35)22-18-28-11-12-29-22/h4-6,8-9,11-12,18-19,21,23H,7,10,13-17H2,1-3H3,(H,30,35)(H,31,34)/t21?,23-/m0/s1. The number of carbonyl (C=O) groups is 3. The smallest absolute Gasteiger partial charge is 0.508 e. The molecule has 2 heterocycles. The molecule has 0 saturated carbocycles. The van der Waals surface area contributed by atoms with Crippen molar-refractivity contribution in [2.45, 2.75) is 51.5 Å². The van der Waals surface area contributed by atoms with E-state index in [0.717, 1.165) is 18.5 Å². The Kier molecular flexibility index (Phi) is 11.0. The van der Waals surface area contributed by atoms with Gasteiger partial charge in [-0.1, -0.05) is 44.2 Å². The normalized spacial score (nSPS) is 17.0. The van der Waals surface area contributed by atoms with E-state index in [9.17, 15) is 14.4 Å². The molecule has 0 aliphatic carbocycles. The average Bonchev–Trinajstić information content (AvgIpc) is 2.89. The van der Waals surface area contributed by atoms with Gasteiger partial charge in [-0.3, -0.25) is 19.4 Å². The monoisotopic (exact) mass is 509 g/mol. The van der Waals surface area contributed by atoms with Crippen molar-refractivity contribution in [3.63, 3.8) is 0 Å². The van der Waals surface area contributed by atoms with E-state index < -0.39 is 30.9 Å². The molecule has 3 rings (SSSR count). The minimum absolute atomic E-state index is 0.113. The van der Waals surface area contributed by atoms with E-state index in [-0.39, 0.29) is 30.4 Å². The third-order valence-electron chi connectivity index (χ3n) is 5.99. The van der Waals surface area contributed by atoms with Crippen molar-refractivity contribution in [2.24, 2.45) is 5.92 Å². The fourth-order valence-electron chi connectivity index (χ4n) is 4.09. The number of hydrogen-bond donors (Lipinski definition) is 2. The molecule has 1 unspecified atom stereocenters. The molecule has 0 radical (unpaired) electrons. The van der Waals surface area contributed by atoms with Gasteiger partial charge in [0.05, 0.1) is 18.6 Å². The van der Waals surface area contributed by atoms with Crippen LogP contribution in [0.25, 0.3) is 0 Å². The molecule has 1 fully saturated rings. The van der Waals surface area contributed by atoms with Crippen molar-refractivity contribution in [3.05, 3.63) is 60.2 Å². The first-order valence-electron chi connectivity index (χ1n) is 12.7. The molecule has 1 aliphatic heterocycles. The number of hydrogen-bond acceptors (Lipinski definition) is 8. The molecule has 0 bridgehead atoms.